The van der Waals surface area contributed by atoms with Crippen LogP contribution in [0.15, 0.2) is 83.3 Å². The van der Waals surface area contributed by atoms with Gasteiger partial charge in [0.05, 0.1) is 22.5 Å². The maximum absolute atomic E-state index is 13.2. The minimum Gasteiger partial charge on any atom is -0.486 e. The average Bonchev–Trinajstić information content (AvgIpc) is 3.58. The Morgan fingerprint density at radius 2 is 1.77 bits per heavy atom. The molecular formula is C25H17N7O3. The first kappa shape index (κ1) is 20.5. The molecule has 0 spiro atoms. The number of para-hydroxylation sites is 3. The zero-order chi connectivity index (χ0) is 23.6. The lowest BCUT2D eigenvalue weighted by atomic mass is 10.1. The predicted molar refractivity (Wildman–Crippen MR) is 128 cm³/mol. The van der Waals surface area contributed by atoms with Gasteiger partial charge in [-0.15, -0.1) is 5.10 Å². The molecule has 6 aromatic rings. The van der Waals surface area contributed by atoms with E-state index in [0.717, 1.165) is 16.6 Å². The van der Waals surface area contributed by atoms with Crippen LogP contribution in [0, 0.1) is 0 Å². The van der Waals surface area contributed by atoms with Crippen molar-refractivity contribution in [1.29, 1.82) is 0 Å². The summed E-state index contributed by atoms with van der Waals surface area (Å²) in [6, 6.07) is 24.1. The van der Waals surface area contributed by atoms with Gasteiger partial charge in [-0.2, -0.15) is 0 Å². The molecule has 10 heteroatoms. The first-order valence-electron chi connectivity index (χ1n) is 10.8. The highest BCUT2D eigenvalue weighted by Gasteiger charge is 2.18. The summed E-state index contributed by atoms with van der Waals surface area (Å²) in [6.07, 6.45) is 0. The van der Waals surface area contributed by atoms with Gasteiger partial charge in [0.15, 0.2) is 5.58 Å². The Morgan fingerprint density at radius 1 is 0.914 bits per heavy atom. The molecule has 0 aliphatic rings. The molecule has 3 heterocycles. The number of nitrogens with one attached hydrogen (secondary N) is 2. The maximum atomic E-state index is 13.2. The quantitative estimate of drug-likeness (QED) is 0.372. The zero-order valence-corrected chi connectivity index (χ0v) is 18.2. The van der Waals surface area contributed by atoms with Crippen molar-refractivity contribution in [2.75, 3.05) is 5.32 Å². The highest BCUT2D eigenvalue weighted by molar-refractivity contribution is 6.09. The Kier molecular flexibility index (Phi) is 5.08. The molecule has 0 atom stereocenters. The summed E-state index contributed by atoms with van der Waals surface area (Å²) in [4.78, 5) is 22.2. The smallest absolute Gasteiger partial charge is 0.267 e. The number of carbonyl (C=O) groups is 1. The van der Waals surface area contributed by atoms with Crippen LogP contribution in [0.1, 0.15) is 16.1 Å². The molecule has 10 nitrogen and oxygen atoms in total. The molecule has 0 saturated heterocycles. The highest BCUT2D eigenvalue weighted by atomic mass is 16.5. The van der Waals surface area contributed by atoms with E-state index in [0.29, 0.717) is 33.9 Å². The van der Waals surface area contributed by atoms with Crippen molar-refractivity contribution in [2.45, 2.75) is 6.61 Å². The number of anilines is 1. The van der Waals surface area contributed by atoms with Crippen LogP contribution in [0.2, 0.25) is 0 Å². The second-order valence-corrected chi connectivity index (χ2v) is 7.66. The molecular weight excluding hydrogens is 446 g/mol. The van der Waals surface area contributed by atoms with Gasteiger partial charge in [-0.3, -0.25) is 4.79 Å². The number of benzene rings is 3. The standard InChI is InChI=1S/C25H17N7O3/c33-24(27-19-9-5-10-20-22(19)35-25(28-20)23-29-31-32-30-23)17-7-2-4-11-21(17)34-14-16-13-12-15-6-1-3-8-18(15)26-16/h1-13H,14H2,(H,27,33)(H,29,30,31,32). The molecule has 3 aromatic heterocycles. The SMILES string of the molecule is O=C(Nc1cccc2nc(-c3nnn[nH]3)oc12)c1ccccc1OCc1ccc2ccccc2n1. The van der Waals surface area contributed by atoms with E-state index in [1.807, 2.05) is 42.5 Å². The van der Waals surface area contributed by atoms with E-state index in [1.165, 1.54) is 0 Å². The van der Waals surface area contributed by atoms with Gasteiger partial charge in [0.1, 0.15) is 17.9 Å². The number of fused-ring (bicyclic) bond motifs is 2. The molecule has 0 saturated carbocycles. The minimum atomic E-state index is -0.348. The van der Waals surface area contributed by atoms with Crippen LogP contribution in [0.3, 0.4) is 0 Å². The fourth-order valence-electron chi connectivity index (χ4n) is 3.71. The number of rotatable bonds is 6. The van der Waals surface area contributed by atoms with E-state index in [1.54, 1.807) is 36.4 Å². The van der Waals surface area contributed by atoms with E-state index in [2.05, 4.69) is 35.9 Å². The van der Waals surface area contributed by atoms with Crippen LogP contribution in [0.5, 0.6) is 5.75 Å². The number of tetrazole rings is 1. The molecule has 35 heavy (non-hydrogen) atoms. The van der Waals surface area contributed by atoms with E-state index >= 15 is 0 Å². The van der Waals surface area contributed by atoms with Gasteiger partial charge >= 0.3 is 0 Å². The Hall–Kier alpha value is -5.12. The Labute approximate surface area is 198 Å². The highest BCUT2D eigenvalue weighted by Crippen LogP contribution is 2.29. The molecule has 0 aliphatic heterocycles. The molecule has 0 aliphatic carbocycles. The molecule has 0 radical (unpaired) electrons. The number of ether oxygens (including phenoxy) is 1. The fraction of sp³-hybridized carbons (Fsp3) is 0.0400. The third-order valence-corrected chi connectivity index (χ3v) is 5.37. The van der Waals surface area contributed by atoms with Crippen LogP contribution in [-0.2, 0) is 6.61 Å². The van der Waals surface area contributed by atoms with Crippen molar-refractivity contribution in [3.05, 3.63) is 90.1 Å². The summed E-state index contributed by atoms with van der Waals surface area (Å²) in [5, 5.41) is 17.4. The van der Waals surface area contributed by atoms with Gasteiger partial charge in [-0.25, -0.2) is 15.1 Å². The first-order valence-corrected chi connectivity index (χ1v) is 10.8. The third-order valence-electron chi connectivity index (χ3n) is 5.37. The summed E-state index contributed by atoms with van der Waals surface area (Å²) in [6.45, 7) is 0.224. The number of amides is 1. The maximum Gasteiger partial charge on any atom is 0.267 e. The molecule has 6 rings (SSSR count). The Bertz CT molecular complexity index is 1660. The van der Waals surface area contributed by atoms with Gasteiger partial charge in [0.25, 0.3) is 11.8 Å². The summed E-state index contributed by atoms with van der Waals surface area (Å²) < 4.78 is 11.8. The van der Waals surface area contributed by atoms with Crippen molar-refractivity contribution < 1.29 is 13.9 Å². The number of aromatic nitrogens is 6. The van der Waals surface area contributed by atoms with Gasteiger partial charge in [-0.05, 0) is 46.8 Å². The van der Waals surface area contributed by atoms with Crippen molar-refractivity contribution in [1.82, 2.24) is 30.6 Å². The van der Waals surface area contributed by atoms with Crippen LogP contribution < -0.4 is 10.1 Å². The van der Waals surface area contributed by atoms with Crippen LogP contribution in [-0.4, -0.2) is 36.5 Å². The molecule has 0 unspecified atom stereocenters. The second-order valence-electron chi connectivity index (χ2n) is 7.66. The third kappa shape index (κ3) is 4.04. The van der Waals surface area contributed by atoms with Crippen LogP contribution >= 0.6 is 0 Å². The number of H-pyrrole nitrogens is 1. The van der Waals surface area contributed by atoms with Gasteiger partial charge in [0, 0.05) is 5.39 Å². The van der Waals surface area contributed by atoms with Crippen LogP contribution in [0.25, 0.3) is 33.7 Å². The molecule has 0 fully saturated rings. The lowest BCUT2D eigenvalue weighted by molar-refractivity contribution is 0.102. The summed E-state index contributed by atoms with van der Waals surface area (Å²) >= 11 is 0. The van der Waals surface area contributed by atoms with Gasteiger partial charge in [0.2, 0.25) is 5.82 Å². The number of nitrogens with zero attached hydrogens (tertiary/aromatic N) is 5. The topological polar surface area (TPSA) is 132 Å². The van der Waals surface area contributed by atoms with Crippen molar-refractivity contribution >= 4 is 33.6 Å². The number of oxazole rings is 1. The van der Waals surface area contributed by atoms with Crippen molar-refractivity contribution in [2.24, 2.45) is 0 Å². The molecule has 1 amide bonds. The van der Waals surface area contributed by atoms with E-state index in [9.17, 15) is 4.79 Å². The van der Waals surface area contributed by atoms with Crippen LogP contribution in [0.4, 0.5) is 5.69 Å². The second kappa shape index (κ2) is 8.67. The van der Waals surface area contributed by atoms with Crippen molar-refractivity contribution in [3.8, 4) is 17.5 Å². The molecule has 3 aromatic carbocycles. The summed E-state index contributed by atoms with van der Waals surface area (Å²) in [7, 11) is 0. The number of hydrogen-bond acceptors (Lipinski definition) is 8. The number of carbonyl (C=O) groups excluding carboxylic acids is 1. The molecule has 170 valence electrons. The lowest BCUT2D eigenvalue weighted by Gasteiger charge is -2.12. The first-order chi connectivity index (χ1) is 17.2. The van der Waals surface area contributed by atoms with Crippen molar-refractivity contribution in [3.63, 3.8) is 0 Å². The molecule has 0 bridgehead atoms. The summed E-state index contributed by atoms with van der Waals surface area (Å²) in [5.41, 5.74) is 3.46. The normalized spacial score (nSPS) is 11.1. The Balaban J connectivity index is 1.24. The van der Waals surface area contributed by atoms with E-state index in [-0.39, 0.29) is 18.4 Å². The van der Waals surface area contributed by atoms with Gasteiger partial charge < -0.3 is 14.5 Å². The zero-order valence-electron chi connectivity index (χ0n) is 18.2. The lowest BCUT2D eigenvalue weighted by Crippen LogP contribution is -2.14. The number of pyridine rings is 1. The minimum absolute atomic E-state index is 0.221. The summed E-state index contributed by atoms with van der Waals surface area (Å²) in [5.74, 6) is 0.606. The average molecular weight is 463 g/mol. The van der Waals surface area contributed by atoms with E-state index in [4.69, 9.17) is 9.15 Å². The monoisotopic (exact) mass is 463 g/mol. The predicted octanol–water partition coefficient (Wildman–Crippen LogP) is 4.39. The number of hydrogen-bond donors (Lipinski definition) is 2. The van der Waals surface area contributed by atoms with Gasteiger partial charge in [-0.1, -0.05) is 42.5 Å². The Morgan fingerprint density at radius 3 is 2.69 bits per heavy atom. The number of aromatic amines is 1. The fourth-order valence-corrected chi connectivity index (χ4v) is 3.71. The van der Waals surface area contributed by atoms with E-state index < -0.39 is 0 Å². The molecule has 2 N–H and O–H groups in total. The largest absolute Gasteiger partial charge is 0.486 e.